The fourth-order valence-corrected chi connectivity index (χ4v) is 3.86. The van der Waals surface area contributed by atoms with Gasteiger partial charge >= 0.3 is 0 Å². The minimum Gasteiger partial charge on any atom is -0.453 e. The van der Waals surface area contributed by atoms with Gasteiger partial charge in [-0.2, -0.15) is 0 Å². The van der Waals surface area contributed by atoms with E-state index >= 15 is 0 Å². The van der Waals surface area contributed by atoms with Crippen LogP contribution in [0.1, 0.15) is 22.5 Å². The largest absolute Gasteiger partial charge is 0.453 e. The van der Waals surface area contributed by atoms with E-state index in [4.69, 9.17) is 4.74 Å². The second-order valence-corrected chi connectivity index (χ2v) is 6.72. The molecule has 0 saturated carbocycles. The number of nitrogens with zero attached hydrogens (tertiary/aromatic N) is 2. The van der Waals surface area contributed by atoms with E-state index in [9.17, 15) is 9.18 Å². The van der Waals surface area contributed by atoms with E-state index in [0.717, 1.165) is 30.6 Å². The Labute approximate surface area is 142 Å². The Bertz CT molecular complexity index is 903. The third-order valence-electron chi connectivity index (χ3n) is 4.04. The van der Waals surface area contributed by atoms with Gasteiger partial charge < -0.3 is 9.64 Å². The number of hydrogen-bond donors (Lipinski definition) is 0. The molecule has 0 aliphatic carbocycles. The highest BCUT2D eigenvalue weighted by Crippen LogP contribution is 2.36. The number of carbonyl (C=O) groups is 1. The molecule has 1 aromatic carbocycles. The lowest BCUT2D eigenvalue weighted by Gasteiger charge is -2.13. The Morgan fingerprint density at radius 3 is 2.75 bits per heavy atom. The van der Waals surface area contributed by atoms with Crippen LogP contribution >= 0.6 is 11.3 Å². The van der Waals surface area contributed by atoms with Crippen molar-refractivity contribution >= 4 is 27.5 Å². The number of hydrogen-bond acceptors (Lipinski definition) is 4. The van der Waals surface area contributed by atoms with Crippen LogP contribution in [-0.4, -0.2) is 28.9 Å². The van der Waals surface area contributed by atoms with Gasteiger partial charge in [-0.15, -0.1) is 11.3 Å². The molecule has 0 radical (unpaired) electrons. The maximum atomic E-state index is 13.8. The molecule has 0 atom stereocenters. The number of likely N-dealkylation sites (tertiary alicyclic amines) is 1. The summed E-state index contributed by atoms with van der Waals surface area (Å²) in [5.41, 5.74) is 0.691. The van der Waals surface area contributed by atoms with Crippen molar-refractivity contribution < 1.29 is 13.9 Å². The Balaban J connectivity index is 1.69. The summed E-state index contributed by atoms with van der Waals surface area (Å²) in [5, 5.41) is 0. The van der Waals surface area contributed by atoms with E-state index in [1.807, 2.05) is 4.90 Å². The number of halogens is 1. The molecule has 24 heavy (non-hydrogen) atoms. The van der Waals surface area contributed by atoms with Gasteiger partial charge in [-0.3, -0.25) is 9.78 Å². The first-order valence-electron chi connectivity index (χ1n) is 7.82. The molecule has 2 aromatic heterocycles. The van der Waals surface area contributed by atoms with E-state index in [1.165, 1.54) is 17.4 Å². The molecule has 0 spiro atoms. The average Bonchev–Trinajstić information content (AvgIpc) is 3.26. The quantitative estimate of drug-likeness (QED) is 0.705. The zero-order valence-corrected chi connectivity index (χ0v) is 13.7. The van der Waals surface area contributed by atoms with E-state index in [-0.39, 0.29) is 11.7 Å². The molecule has 1 saturated heterocycles. The van der Waals surface area contributed by atoms with Crippen LogP contribution in [0.2, 0.25) is 0 Å². The maximum absolute atomic E-state index is 13.8. The lowest BCUT2D eigenvalue weighted by molar-refractivity contribution is 0.0797. The number of aromatic nitrogens is 1. The number of carbonyl (C=O) groups excluding carboxylic acids is 1. The minimum atomic E-state index is -0.424. The number of pyridine rings is 1. The fourth-order valence-electron chi connectivity index (χ4n) is 2.82. The zero-order valence-electron chi connectivity index (χ0n) is 12.9. The molecule has 1 aliphatic heterocycles. The molecule has 1 amide bonds. The van der Waals surface area contributed by atoms with E-state index in [2.05, 4.69) is 4.98 Å². The second-order valence-electron chi connectivity index (χ2n) is 5.67. The Kier molecular flexibility index (Phi) is 3.90. The highest BCUT2D eigenvalue weighted by Gasteiger charge is 2.22. The Morgan fingerprint density at radius 2 is 1.96 bits per heavy atom. The van der Waals surface area contributed by atoms with Crippen LogP contribution in [0.15, 0.2) is 42.6 Å². The molecule has 4 rings (SSSR count). The summed E-state index contributed by atoms with van der Waals surface area (Å²) in [7, 11) is 0. The van der Waals surface area contributed by atoms with Gasteiger partial charge in [0.05, 0.1) is 15.1 Å². The van der Waals surface area contributed by atoms with Crippen molar-refractivity contribution in [3.05, 3.63) is 53.3 Å². The van der Waals surface area contributed by atoms with Crippen molar-refractivity contribution in [1.82, 2.24) is 9.88 Å². The van der Waals surface area contributed by atoms with Gasteiger partial charge in [0.2, 0.25) is 0 Å². The number of amides is 1. The van der Waals surface area contributed by atoms with Crippen LogP contribution in [0.25, 0.3) is 10.2 Å². The van der Waals surface area contributed by atoms with Crippen molar-refractivity contribution in [2.75, 3.05) is 13.1 Å². The SMILES string of the molecule is O=C(c1cc2nccc(Oc3ccccc3F)c2s1)N1CCCC1. The number of fused-ring (bicyclic) bond motifs is 1. The summed E-state index contributed by atoms with van der Waals surface area (Å²) in [6, 6.07) is 9.73. The van der Waals surface area contributed by atoms with Crippen molar-refractivity contribution in [3.8, 4) is 11.5 Å². The average molecular weight is 342 g/mol. The lowest BCUT2D eigenvalue weighted by atomic mass is 10.3. The minimum absolute atomic E-state index is 0.0346. The summed E-state index contributed by atoms with van der Waals surface area (Å²) < 4.78 is 20.3. The van der Waals surface area contributed by atoms with Gasteiger partial charge in [0, 0.05) is 25.4 Å². The van der Waals surface area contributed by atoms with Gasteiger partial charge in [0.1, 0.15) is 5.75 Å². The molecule has 6 heteroatoms. The number of ether oxygens (including phenoxy) is 1. The number of para-hydroxylation sites is 1. The third kappa shape index (κ3) is 2.73. The molecular formula is C18H15FN2O2S. The topological polar surface area (TPSA) is 42.4 Å². The van der Waals surface area contributed by atoms with Gasteiger partial charge in [0.15, 0.2) is 11.6 Å². The van der Waals surface area contributed by atoms with Gasteiger partial charge in [-0.25, -0.2) is 4.39 Å². The van der Waals surface area contributed by atoms with Crippen LogP contribution < -0.4 is 4.74 Å². The molecule has 0 bridgehead atoms. The van der Waals surface area contributed by atoms with Crippen molar-refractivity contribution in [3.63, 3.8) is 0 Å². The molecular weight excluding hydrogens is 327 g/mol. The highest BCUT2D eigenvalue weighted by molar-refractivity contribution is 7.21. The van der Waals surface area contributed by atoms with E-state index in [1.54, 1.807) is 36.5 Å². The van der Waals surface area contributed by atoms with Crippen molar-refractivity contribution in [2.24, 2.45) is 0 Å². The normalized spacial score (nSPS) is 14.3. The molecule has 122 valence electrons. The third-order valence-corrected chi connectivity index (χ3v) is 5.16. The summed E-state index contributed by atoms with van der Waals surface area (Å²) in [5.74, 6) is 0.279. The fraction of sp³-hybridized carbons (Fsp3) is 0.222. The molecule has 1 fully saturated rings. The molecule has 0 N–H and O–H groups in total. The smallest absolute Gasteiger partial charge is 0.264 e. The highest BCUT2D eigenvalue weighted by atomic mass is 32.1. The van der Waals surface area contributed by atoms with E-state index < -0.39 is 5.82 Å². The van der Waals surface area contributed by atoms with Crippen molar-refractivity contribution in [1.29, 1.82) is 0 Å². The van der Waals surface area contributed by atoms with Crippen LogP contribution in [0.3, 0.4) is 0 Å². The second kappa shape index (κ2) is 6.20. The Morgan fingerprint density at radius 1 is 1.17 bits per heavy atom. The van der Waals surface area contributed by atoms with Crippen LogP contribution in [-0.2, 0) is 0 Å². The first kappa shape index (κ1) is 15.1. The number of benzene rings is 1. The molecule has 3 heterocycles. The molecule has 1 aliphatic rings. The monoisotopic (exact) mass is 342 g/mol. The summed E-state index contributed by atoms with van der Waals surface area (Å²) >= 11 is 1.34. The summed E-state index contributed by atoms with van der Waals surface area (Å²) in [6.07, 6.45) is 3.71. The first-order valence-corrected chi connectivity index (χ1v) is 8.64. The van der Waals surface area contributed by atoms with E-state index in [0.29, 0.717) is 16.1 Å². The molecule has 3 aromatic rings. The van der Waals surface area contributed by atoms with Crippen LogP contribution in [0.5, 0.6) is 11.5 Å². The van der Waals surface area contributed by atoms with Crippen LogP contribution in [0, 0.1) is 5.82 Å². The number of thiophene rings is 1. The molecule has 4 nitrogen and oxygen atoms in total. The predicted octanol–water partition coefficient (Wildman–Crippen LogP) is 4.46. The molecule has 0 unspecified atom stereocenters. The van der Waals surface area contributed by atoms with Gasteiger partial charge in [-0.05, 0) is 31.0 Å². The van der Waals surface area contributed by atoms with Gasteiger partial charge in [0.25, 0.3) is 5.91 Å². The summed E-state index contributed by atoms with van der Waals surface area (Å²) in [6.45, 7) is 1.61. The standard InChI is InChI=1S/C18H15FN2O2S/c19-12-5-1-2-6-14(12)23-15-7-8-20-13-11-16(24-17(13)15)18(22)21-9-3-4-10-21/h1-2,5-8,11H,3-4,9-10H2. The Hall–Kier alpha value is -2.47. The van der Waals surface area contributed by atoms with Gasteiger partial charge in [-0.1, -0.05) is 12.1 Å². The van der Waals surface area contributed by atoms with Crippen LogP contribution in [0.4, 0.5) is 4.39 Å². The zero-order chi connectivity index (χ0) is 16.5. The first-order chi connectivity index (χ1) is 11.7. The number of rotatable bonds is 3. The maximum Gasteiger partial charge on any atom is 0.264 e. The summed E-state index contributed by atoms with van der Waals surface area (Å²) in [4.78, 5) is 19.4. The predicted molar refractivity (Wildman–Crippen MR) is 91.2 cm³/mol. The van der Waals surface area contributed by atoms with Crippen molar-refractivity contribution in [2.45, 2.75) is 12.8 Å². The lowest BCUT2D eigenvalue weighted by Crippen LogP contribution is -2.26.